The van der Waals surface area contributed by atoms with Gasteiger partial charge in [-0.3, -0.25) is 0 Å². The molecule has 3 rings (SSSR count). The van der Waals surface area contributed by atoms with Gasteiger partial charge in [0.2, 0.25) is 5.95 Å². The second-order valence-corrected chi connectivity index (χ2v) is 5.87. The molecule has 1 aromatic carbocycles. The van der Waals surface area contributed by atoms with Crippen molar-refractivity contribution < 1.29 is 9.53 Å². The zero-order valence-electron chi connectivity index (χ0n) is 15.2. The molecule has 148 valence electrons. The minimum atomic E-state index is -0.434. The number of hydrogen-bond acceptors (Lipinski definition) is 7. The first-order chi connectivity index (χ1) is 12.3. The summed E-state index contributed by atoms with van der Waals surface area (Å²) in [5.74, 6) is 0.0706. The lowest BCUT2D eigenvalue weighted by molar-refractivity contribution is 0.0600. The molecule has 0 amide bonds. The molecule has 0 radical (unpaired) electrons. The van der Waals surface area contributed by atoms with Crippen LogP contribution in [0.4, 0.5) is 11.6 Å². The quantitative estimate of drug-likeness (QED) is 0.702. The van der Waals surface area contributed by atoms with Gasteiger partial charge in [-0.1, -0.05) is 12.1 Å². The largest absolute Gasteiger partial charge is 0.465 e. The van der Waals surface area contributed by atoms with Gasteiger partial charge in [0.1, 0.15) is 0 Å². The fourth-order valence-corrected chi connectivity index (χ4v) is 2.76. The van der Waals surface area contributed by atoms with Crippen LogP contribution in [0.25, 0.3) is 0 Å². The van der Waals surface area contributed by atoms with Crippen LogP contribution >= 0.6 is 24.8 Å². The molecule has 1 fully saturated rings. The van der Waals surface area contributed by atoms with Gasteiger partial charge in [-0.15, -0.1) is 24.8 Å². The highest BCUT2D eigenvalue weighted by Crippen LogP contribution is 2.16. The summed E-state index contributed by atoms with van der Waals surface area (Å²) >= 11 is 0. The lowest BCUT2D eigenvalue weighted by Gasteiger charge is -2.29. The average molecular weight is 414 g/mol. The number of ether oxygens (including phenoxy) is 1. The van der Waals surface area contributed by atoms with Crippen molar-refractivity contribution in [2.45, 2.75) is 6.42 Å². The van der Waals surface area contributed by atoms with Crippen molar-refractivity contribution in [1.29, 1.82) is 0 Å². The molecule has 27 heavy (non-hydrogen) atoms. The van der Waals surface area contributed by atoms with Crippen LogP contribution in [0.1, 0.15) is 15.9 Å². The van der Waals surface area contributed by atoms with E-state index in [9.17, 15) is 4.79 Å². The Labute approximate surface area is 171 Å². The number of piperazine rings is 1. The lowest BCUT2D eigenvalue weighted by Crippen LogP contribution is -2.43. The summed E-state index contributed by atoms with van der Waals surface area (Å²) in [6.45, 7) is 4.92. The molecule has 0 unspecified atom stereocenters. The first-order valence-corrected chi connectivity index (χ1v) is 8.45. The smallest absolute Gasteiger partial charge is 0.341 e. The summed E-state index contributed by atoms with van der Waals surface area (Å²) in [6.07, 6.45) is 3.80. The predicted octanol–water partition coefficient (Wildman–Crippen LogP) is 2.17. The van der Waals surface area contributed by atoms with E-state index in [0.717, 1.165) is 39.1 Å². The molecule has 9 heteroatoms. The number of halogens is 2. The van der Waals surface area contributed by atoms with Crippen LogP contribution in [-0.4, -0.2) is 55.8 Å². The number of carbonyl (C=O) groups is 1. The molecular weight excluding hydrogens is 389 g/mol. The fraction of sp³-hybridized carbons (Fsp3) is 0.389. The minimum absolute atomic E-state index is 0. The van der Waals surface area contributed by atoms with Crippen molar-refractivity contribution >= 4 is 42.4 Å². The zero-order chi connectivity index (χ0) is 17.5. The van der Waals surface area contributed by atoms with Gasteiger partial charge < -0.3 is 20.3 Å². The SMILES string of the molecule is COC(=O)c1cnc(NCCc2ccc(N3CCNCC3)cc2)nc1.Cl.Cl. The molecule has 0 atom stereocenters. The van der Waals surface area contributed by atoms with E-state index in [-0.39, 0.29) is 24.8 Å². The highest BCUT2D eigenvalue weighted by Gasteiger charge is 2.10. The summed E-state index contributed by atoms with van der Waals surface area (Å²) in [6, 6.07) is 8.70. The number of esters is 1. The summed E-state index contributed by atoms with van der Waals surface area (Å²) in [5, 5.41) is 6.53. The van der Waals surface area contributed by atoms with Crippen molar-refractivity contribution in [1.82, 2.24) is 15.3 Å². The Kier molecular flexibility index (Phi) is 9.85. The molecule has 2 heterocycles. The molecule has 2 N–H and O–H groups in total. The van der Waals surface area contributed by atoms with E-state index in [1.165, 1.54) is 30.8 Å². The molecular formula is C18H25Cl2N5O2. The second-order valence-electron chi connectivity index (χ2n) is 5.87. The minimum Gasteiger partial charge on any atom is -0.465 e. The van der Waals surface area contributed by atoms with E-state index in [1.807, 2.05) is 0 Å². The number of methoxy groups -OCH3 is 1. The van der Waals surface area contributed by atoms with Crippen LogP contribution in [0.15, 0.2) is 36.7 Å². The van der Waals surface area contributed by atoms with Gasteiger partial charge in [0, 0.05) is 50.8 Å². The van der Waals surface area contributed by atoms with E-state index in [1.54, 1.807) is 0 Å². The molecule has 1 aliphatic heterocycles. The predicted molar refractivity (Wildman–Crippen MR) is 112 cm³/mol. The van der Waals surface area contributed by atoms with E-state index in [2.05, 4.69) is 54.5 Å². The van der Waals surface area contributed by atoms with E-state index < -0.39 is 5.97 Å². The second kappa shape index (κ2) is 11.6. The van der Waals surface area contributed by atoms with Gasteiger partial charge in [-0.05, 0) is 24.1 Å². The number of carbonyl (C=O) groups excluding carboxylic acids is 1. The zero-order valence-corrected chi connectivity index (χ0v) is 16.8. The summed E-state index contributed by atoms with van der Waals surface area (Å²) in [4.78, 5) is 22.0. The number of aromatic nitrogens is 2. The van der Waals surface area contributed by atoms with E-state index >= 15 is 0 Å². The van der Waals surface area contributed by atoms with Crippen molar-refractivity contribution in [2.75, 3.05) is 50.1 Å². The maximum absolute atomic E-state index is 11.3. The summed E-state index contributed by atoms with van der Waals surface area (Å²) in [5.41, 5.74) is 2.88. The van der Waals surface area contributed by atoms with Gasteiger partial charge in [0.05, 0.1) is 12.7 Å². The van der Waals surface area contributed by atoms with Gasteiger partial charge in [-0.2, -0.15) is 0 Å². The standard InChI is InChI=1S/C18H23N5O2.2ClH/c1-25-17(24)15-12-21-18(22-13-15)20-7-6-14-2-4-16(5-3-14)23-10-8-19-9-11-23;;/h2-5,12-13,19H,6-11H2,1H3,(H,20,21,22);2*1H. The summed E-state index contributed by atoms with van der Waals surface area (Å²) < 4.78 is 4.62. The normalized spacial score (nSPS) is 13.1. The highest BCUT2D eigenvalue weighted by molar-refractivity contribution is 5.88. The fourth-order valence-electron chi connectivity index (χ4n) is 2.76. The third-order valence-electron chi connectivity index (χ3n) is 4.19. The lowest BCUT2D eigenvalue weighted by atomic mass is 10.1. The van der Waals surface area contributed by atoms with Crippen LogP contribution in [0, 0.1) is 0 Å². The average Bonchev–Trinajstić information content (AvgIpc) is 2.69. The molecule has 0 aliphatic carbocycles. The Hall–Kier alpha value is -2.09. The first kappa shape index (κ1) is 23.0. The Balaban J connectivity index is 0.00000182. The Bertz CT molecular complexity index is 692. The van der Waals surface area contributed by atoms with Crippen molar-refractivity contribution in [3.8, 4) is 0 Å². The number of nitrogens with one attached hydrogen (secondary N) is 2. The molecule has 0 bridgehead atoms. The third-order valence-corrected chi connectivity index (χ3v) is 4.19. The molecule has 1 aromatic heterocycles. The summed E-state index contributed by atoms with van der Waals surface area (Å²) in [7, 11) is 1.34. The third kappa shape index (κ3) is 6.53. The van der Waals surface area contributed by atoms with Crippen molar-refractivity contribution in [3.63, 3.8) is 0 Å². The number of hydrogen-bond donors (Lipinski definition) is 2. The Morgan fingerprint density at radius 1 is 1.15 bits per heavy atom. The molecule has 1 aliphatic rings. The van der Waals surface area contributed by atoms with Crippen molar-refractivity contribution in [3.05, 3.63) is 47.8 Å². The van der Waals surface area contributed by atoms with Crippen molar-refractivity contribution in [2.24, 2.45) is 0 Å². The van der Waals surface area contributed by atoms with Gasteiger partial charge in [-0.25, -0.2) is 14.8 Å². The Morgan fingerprint density at radius 3 is 2.37 bits per heavy atom. The van der Waals surface area contributed by atoms with Crippen LogP contribution in [0.3, 0.4) is 0 Å². The first-order valence-electron chi connectivity index (χ1n) is 8.45. The van der Waals surface area contributed by atoms with Crippen LogP contribution in [0.2, 0.25) is 0 Å². The Morgan fingerprint density at radius 2 is 1.78 bits per heavy atom. The van der Waals surface area contributed by atoms with Crippen LogP contribution < -0.4 is 15.5 Å². The monoisotopic (exact) mass is 413 g/mol. The van der Waals surface area contributed by atoms with Gasteiger partial charge in [0.25, 0.3) is 0 Å². The number of rotatable bonds is 6. The molecule has 1 saturated heterocycles. The van der Waals surface area contributed by atoms with E-state index in [4.69, 9.17) is 0 Å². The molecule has 0 spiro atoms. The van der Waals surface area contributed by atoms with Crippen LogP contribution in [0.5, 0.6) is 0 Å². The molecule has 7 nitrogen and oxygen atoms in total. The van der Waals surface area contributed by atoms with Gasteiger partial charge >= 0.3 is 5.97 Å². The maximum atomic E-state index is 11.3. The van der Waals surface area contributed by atoms with Crippen LogP contribution in [-0.2, 0) is 11.2 Å². The topological polar surface area (TPSA) is 79.4 Å². The number of benzene rings is 1. The number of nitrogens with zero attached hydrogens (tertiary/aromatic N) is 3. The van der Waals surface area contributed by atoms with E-state index in [0.29, 0.717) is 11.5 Å². The molecule has 2 aromatic rings. The number of anilines is 2. The maximum Gasteiger partial charge on any atom is 0.341 e. The van der Waals surface area contributed by atoms with Gasteiger partial charge in [0.15, 0.2) is 0 Å². The highest BCUT2D eigenvalue weighted by atomic mass is 35.5. The molecule has 0 saturated carbocycles.